The van der Waals surface area contributed by atoms with E-state index in [1.54, 1.807) is 20.8 Å². The molecule has 1 unspecified atom stereocenters. The van der Waals surface area contributed by atoms with E-state index in [9.17, 15) is 14.4 Å². The Morgan fingerprint density at radius 1 is 1.39 bits per heavy atom. The number of carbonyl (C=O) groups excluding carboxylic acids is 3. The third kappa shape index (κ3) is 3.80. The van der Waals surface area contributed by atoms with Crippen molar-refractivity contribution in [1.82, 2.24) is 4.90 Å². The molecule has 0 saturated carbocycles. The minimum Gasteiger partial charge on any atom is -0.443 e. The molecule has 0 spiro atoms. The maximum Gasteiger partial charge on any atom is 0.417 e. The van der Waals surface area contributed by atoms with Gasteiger partial charge in [0.25, 0.3) is 0 Å². The van der Waals surface area contributed by atoms with Crippen LogP contribution in [0.3, 0.4) is 0 Å². The molecule has 0 bridgehead atoms. The summed E-state index contributed by atoms with van der Waals surface area (Å²) in [6, 6.07) is 0. The predicted octanol–water partition coefficient (Wildman–Crippen LogP) is 0.985. The average Bonchev–Trinajstić information content (AvgIpc) is 2.19. The normalized spacial score (nSPS) is 21.1. The molecule has 0 radical (unpaired) electrons. The SMILES string of the molecule is COCC1CN(C(=O)OC(C)(C)C)C(=O)CC1=O. The lowest BCUT2D eigenvalue weighted by molar-refractivity contribution is -0.142. The summed E-state index contributed by atoms with van der Waals surface area (Å²) < 4.78 is 10.0. The van der Waals surface area contributed by atoms with Gasteiger partial charge < -0.3 is 9.47 Å². The van der Waals surface area contributed by atoms with Gasteiger partial charge in [-0.05, 0) is 20.8 Å². The lowest BCUT2D eigenvalue weighted by atomic mass is 9.97. The zero-order valence-corrected chi connectivity index (χ0v) is 11.2. The minimum atomic E-state index is -0.707. The Labute approximate surface area is 106 Å². The van der Waals surface area contributed by atoms with E-state index in [0.29, 0.717) is 0 Å². The van der Waals surface area contributed by atoms with Crippen LogP contribution in [0.4, 0.5) is 4.79 Å². The summed E-state index contributed by atoms with van der Waals surface area (Å²) in [6.07, 6.45) is -0.978. The number of likely N-dealkylation sites (tertiary alicyclic amines) is 1. The smallest absolute Gasteiger partial charge is 0.417 e. The number of hydrogen-bond acceptors (Lipinski definition) is 5. The molecule has 0 aromatic carbocycles. The molecule has 1 aliphatic rings. The van der Waals surface area contributed by atoms with E-state index in [-0.39, 0.29) is 25.4 Å². The summed E-state index contributed by atoms with van der Waals surface area (Å²) in [4.78, 5) is 36.0. The first-order valence-electron chi connectivity index (χ1n) is 5.79. The third-order valence-electron chi connectivity index (χ3n) is 2.47. The Hall–Kier alpha value is -1.43. The van der Waals surface area contributed by atoms with Crippen molar-refractivity contribution < 1.29 is 23.9 Å². The molecule has 0 aromatic rings. The average molecular weight is 257 g/mol. The lowest BCUT2D eigenvalue weighted by Crippen LogP contribution is -2.50. The molecule has 0 aliphatic carbocycles. The summed E-state index contributed by atoms with van der Waals surface area (Å²) >= 11 is 0. The molecule has 1 aliphatic heterocycles. The Balaban J connectivity index is 2.72. The summed E-state index contributed by atoms with van der Waals surface area (Å²) in [5, 5.41) is 0. The number of ether oxygens (including phenoxy) is 2. The maximum absolute atomic E-state index is 11.8. The van der Waals surface area contributed by atoms with Crippen LogP contribution in [0, 0.1) is 5.92 Å². The Morgan fingerprint density at radius 3 is 2.50 bits per heavy atom. The quantitative estimate of drug-likeness (QED) is 0.690. The Kier molecular flexibility index (Phi) is 4.45. The van der Waals surface area contributed by atoms with E-state index in [4.69, 9.17) is 9.47 Å². The number of amides is 2. The van der Waals surface area contributed by atoms with Gasteiger partial charge in [0, 0.05) is 13.7 Å². The molecule has 1 heterocycles. The van der Waals surface area contributed by atoms with Crippen LogP contribution < -0.4 is 0 Å². The highest BCUT2D eigenvalue weighted by Gasteiger charge is 2.37. The molecule has 6 nitrogen and oxygen atoms in total. The van der Waals surface area contributed by atoms with Crippen molar-refractivity contribution in [2.45, 2.75) is 32.8 Å². The minimum absolute atomic E-state index is 0.0282. The number of ketones is 1. The largest absolute Gasteiger partial charge is 0.443 e. The number of carbonyl (C=O) groups is 3. The fourth-order valence-corrected chi connectivity index (χ4v) is 1.65. The number of hydrogen-bond donors (Lipinski definition) is 0. The standard InChI is InChI=1S/C12H19NO5/c1-12(2,3)18-11(16)13-6-8(7-17-4)9(14)5-10(13)15/h8H,5-7H2,1-4H3. The molecule has 2 amide bonds. The van der Waals surface area contributed by atoms with Crippen molar-refractivity contribution >= 4 is 17.8 Å². The maximum atomic E-state index is 11.8. The molecule has 1 atom stereocenters. The molecular weight excluding hydrogens is 238 g/mol. The summed E-state index contributed by atoms with van der Waals surface area (Å²) in [7, 11) is 1.47. The van der Waals surface area contributed by atoms with Crippen molar-refractivity contribution in [1.29, 1.82) is 0 Å². The van der Waals surface area contributed by atoms with E-state index >= 15 is 0 Å². The molecule has 6 heteroatoms. The van der Waals surface area contributed by atoms with Crippen LogP contribution in [-0.2, 0) is 19.1 Å². The molecule has 1 saturated heterocycles. The number of rotatable bonds is 2. The van der Waals surface area contributed by atoms with Gasteiger partial charge in [-0.2, -0.15) is 0 Å². The molecular formula is C12H19NO5. The highest BCUT2D eigenvalue weighted by atomic mass is 16.6. The van der Waals surface area contributed by atoms with Gasteiger partial charge in [0.15, 0.2) is 0 Å². The number of piperidine rings is 1. The fourth-order valence-electron chi connectivity index (χ4n) is 1.65. The lowest BCUT2D eigenvalue weighted by Gasteiger charge is -2.31. The first-order chi connectivity index (χ1) is 8.24. The number of methoxy groups -OCH3 is 1. The second kappa shape index (κ2) is 5.48. The van der Waals surface area contributed by atoms with Crippen LogP contribution in [0.1, 0.15) is 27.2 Å². The van der Waals surface area contributed by atoms with E-state index in [2.05, 4.69) is 0 Å². The zero-order valence-electron chi connectivity index (χ0n) is 11.2. The van der Waals surface area contributed by atoms with Crippen LogP contribution >= 0.6 is 0 Å². The van der Waals surface area contributed by atoms with Gasteiger partial charge in [-0.15, -0.1) is 0 Å². The topological polar surface area (TPSA) is 72.9 Å². The molecule has 1 fully saturated rings. The van der Waals surface area contributed by atoms with Gasteiger partial charge in [0.05, 0.1) is 18.9 Å². The van der Waals surface area contributed by atoms with Crippen molar-refractivity contribution in [3.63, 3.8) is 0 Å². The molecule has 102 valence electrons. The first kappa shape index (κ1) is 14.6. The predicted molar refractivity (Wildman–Crippen MR) is 62.9 cm³/mol. The summed E-state index contributed by atoms with van der Waals surface area (Å²) in [5.41, 5.74) is -0.671. The van der Waals surface area contributed by atoms with Gasteiger partial charge in [-0.1, -0.05) is 0 Å². The summed E-state index contributed by atoms with van der Waals surface area (Å²) in [5.74, 6) is -1.16. The monoisotopic (exact) mass is 257 g/mol. The molecule has 18 heavy (non-hydrogen) atoms. The molecule has 0 aromatic heterocycles. The summed E-state index contributed by atoms with van der Waals surface area (Å²) in [6.45, 7) is 5.39. The van der Waals surface area contributed by atoms with Gasteiger partial charge in [0.1, 0.15) is 11.4 Å². The van der Waals surface area contributed by atoms with E-state index in [1.165, 1.54) is 7.11 Å². The van der Waals surface area contributed by atoms with E-state index in [1.807, 2.05) is 0 Å². The number of nitrogens with zero attached hydrogens (tertiary/aromatic N) is 1. The van der Waals surface area contributed by atoms with Gasteiger partial charge >= 0.3 is 6.09 Å². The van der Waals surface area contributed by atoms with E-state index < -0.39 is 23.5 Å². The van der Waals surface area contributed by atoms with Gasteiger partial charge in [-0.25, -0.2) is 9.69 Å². The first-order valence-corrected chi connectivity index (χ1v) is 5.79. The highest BCUT2D eigenvalue weighted by molar-refractivity contribution is 6.06. The van der Waals surface area contributed by atoms with Crippen LogP contribution in [0.25, 0.3) is 0 Å². The van der Waals surface area contributed by atoms with Crippen LogP contribution in [0.15, 0.2) is 0 Å². The van der Waals surface area contributed by atoms with Crippen molar-refractivity contribution in [2.24, 2.45) is 5.92 Å². The van der Waals surface area contributed by atoms with Crippen molar-refractivity contribution in [2.75, 3.05) is 20.3 Å². The Morgan fingerprint density at radius 2 is 2.00 bits per heavy atom. The van der Waals surface area contributed by atoms with Crippen molar-refractivity contribution in [3.8, 4) is 0 Å². The third-order valence-corrected chi connectivity index (χ3v) is 2.47. The zero-order chi connectivity index (χ0) is 13.9. The highest BCUT2D eigenvalue weighted by Crippen LogP contribution is 2.18. The van der Waals surface area contributed by atoms with Gasteiger partial charge in [-0.3, -0.25) is 9.59 Å². The van der Waals surface area contributed by atoms with Crippen molar-refractivity contribution in [3.05, 3.63) is 0 Å². The van der Waals surface area contributed by atoms with Crippen LogP contribution in [0.2, 0.25) is 0 Å². The van der Waals surface area contributed by atoms with E-state index in [0.717, 1.165) is 4.90 Å². The Bertz CT molecular complexity index is 358. The second-order valence-electron chi connectivity index (χ2n) is 5.28. The molecule has 0 N–H and O–H groups in total. The number of Topliss-reactive ketones (excluding diaryl/α,β-unsaturated/α-hetero) is 1. The van der Waals surface area contributed by atoms with Crippen LogP contribution in [0.5, 0.6) is 0 Å². The van der Waals surface area contributed by atoms with Crippen LogP contribution in [-0.4, -0.2) is 48.5 Å². The second-order valence-corrected chi connectivity index (χ2v) is 5.28. The fraction of sp³-hybridized carbons (Fsp3) is 0.750. The van der Waals surface area contributed by atoms with Gasteiger partial charge in [0.2, 0.25) is 5.91 Å². The number of imide groups is 1. The molecule has 1 rings (SSSR count).